The number of fused-ring (bicyclic) bond motifs is 8. The van der Waals surface area contributed by atoms with Crippen molar-refractivity contribution in [2.24, 2.45) is 11.8 Å². The van der Waals surface area contributed by atoms with Crippen molar-refractivity contribution in [1.29, 1.82) is 0 Å². The van der Waals surface area contributed by atoms with Gasteiger partial charge in [-0.3, -0.25) is 0 Å². The Morgan fingerprint density at radius 3 is 2.41 bits per heavy atom. The molecule has 0 unspecified atom stereocenters. The Balaban J connectivity index is 1.89. The van der Waals surface area contributed by atoms with E-state index in [0.29, 0.717) is 34.8 Å². The molecular weight excluding hydrogens is 348 g/mol. The van der Waals surface area contributed by atoms with E-state index in [0.717, 1.165) is 22.3 Å². The molecule has 1 fully saturated rings. The van der Waals surface area contributed by atoms with Crippen LogP contribution in [0.15, 0.2) is 18.2 Å². The molecule has 6 nitrogen and oxygen atoms in total. The molecule has 0 spiro atoms. The quantitative estimate of drug-likeness (QED) is 0.854. The Hall–Kier alpha value is -2.60. The fraction of sp³-hybridized carbons (Fsp3) is 0.429. The number of benzene rings is 2. The second kappa shape index (κ2) is 5.70. The predicted molar refractivity (Wildman–Crippen MR) is 97.7 cm³/mol. The second-order valence-corrected chi connectivity index (χ2v) is 7.41. The Bertz CT molecular complexity index is 937. The molecule has 1 N–H and O–H groups in total. The lowest BCUT2D eigenvalue weighted by Gasteiger charge is -2.25. The molecule has 142 valence electrons. The number of methoxy groups -OCH3 is 2. The molecule has 3 aliphatic rings. The Morgan fingerprint density at radius 1 is 0.963 bits per heavy atom. The fourth-order valence-electron chi connectivity index (χ4n) is 4.60. The second-order valence-electron chi connectivity index (χ2n) is 7.41. The van der Waals surface area contributed by atoms with Crippen molar-refractivity contribution < 1.29 is 28.8 Å². The monoisotopic (exact) mass is 370 g/mol. The standard InChI is InChI=1S/C21H22O6/c1-9-10(2)19-13-7-16-20(26-8-25-16)21(24-4)17(13)11-6-15(23-3)14(22)5-12(11)18(9)27-19/h5-7,9-10,18-19,22H,8H2,1-4H3/t9-,10+,18+,19-/m0/s1. The molecule has 0 radical (unpaired) electrons. The van der Waals surface area contributed by atoms with E-state index in [1.165, 1.54) is 0 Å². The molecule has 2 bridgehead atoms. The third kappa shape index (κ3) is 2.10. The topological polar surface area (TPSA) is 66.4 Å². The van der Waals surface area contributed by atoms with Crippen molar-refractivity contribution in [2.45, 2.75) is 26.1 Å². The number of ether oxygens (including phenoxy) is 5. The summed E-state index contributed by atoms with van der Waals surface area (Å²) in [5.41, 5.74) is 3.80. The number of rotatable bonds is 2. The van der Waals surface area contributed by atoms with Crippen LogP contribution in [0.5, 0.6) is 28.7 Å². The molecule has 0 aromatic heterocycles. The molecule has 0 amide bonds. The highest BCUT2D eigenvalue weighted by Crippen LogP contribution is 2.61. The third-order valence-corrected chi connectivity index (χ3v) is 6.17. The van der Waals surface area contributed by atoms with Gasteiger partial charge >= 0.3 is 0 Å². The largest absolute Gasteiger partial charge is 0.504 e. The molecule has 5 rings (SSSR count). The van der Waals surface area contributed by atoms with E-state index in [-0.39, 0.29) is 24.8 Å². The minimum atomic E-state index is -0.120. The number of phenolic OH excluding ortho intramolecular Hbond substituents is 1. The third-order valence-electron chi connectivity index (χ3n) is 6.17. The van der Waals surface area contributed by atoms with Crippen molar-refractivity contribution in [3.05, 3.63) is 29.3 Å². The van der Waals surface area contributed by atoms with Gasteiger partial charge in [-0.1, -0.05) is 13.8 Å². The summed E-state index contributed by atoms with van der Waals surface area (Å²) in [7, 11) is 3.17. The van der Waals surface area contributed by atoms with Crippen LogP contribution in [0, 0.1) is 11.8 Å². The highest BCUT2D eigenvalue weighted by atomic mass is 16.7. The van der Waals surface area contributed by atoms with Crippen molar-refractivity contribution in [1.82, 2.24) is 0 Å². The van der Waals surface area contributed by atoms with Crippen LogP contribution in [0.1, 0.15) is 37.2 Å². The van der Waals surface area contributed by atoms with Gasteiger partial charge in [-0.25, -0.2) is 0 Å². The number of aromatic hydroxyl groups is 1. The maximum atomic E-state index is 10.4. The molecule has 2 aromatic rings. The van der Waals surface area contributed by atoms with Crippen LogP contribution in [-0.4, -0.2) is 26.1 Å². The van der Waals surface area contributed by atoms with Crippen molar-refractivity contribution in [2.75, 3.05) is 21.0 Å². The Morgan fingerprint density at radius 2 is 1.70 bits per heavy atom. The zero-order valence-corrected chi connectivity index (χ0v) is 15.7. The first kappa shape index (κ1) is 16.6. The zero-order valence-electron chi connectivity index (χ0n) is 15.7. The zero-order chi connectivity index (χ0) is 18.9. The van der Waals surface area contributed by atoms with E-state index in [4.69, 9.17) is 23.7 Å². The van der Waals surface area contributed by atoms with E-state index < -0.39 is 0 Å². The van der Waals surface area contributed by atoms with Gasteiger partial charge in [0.05, 0.1) is 26.4 Å². The first-order chi connectivity index (χ1) is 13.0. The minimum Gasteiger partial charge on any atom is -0.504 e. The molecular formula is C21H22O6. The van der Waals surface area contributed by atoms with Crippen LogP contribution in [0.25, 0.3) is 11.1 Å². The summed E-state index contributed by atoms with van der Waals surface area (Å²) in [5.74, 6) is 3.02. The first-order valence-electron chi connectivity index (χ1n) is 9.12. The van der Waals surface area contributed by atoms with E-state index in [1.807, 2.05) is 12.1 Å². The summed E-state index contributed by atoms with van der Waals surface area (Å²) in [4.78, 5) is 0. The average Bonchev–Trinajstić information content (AvgIpc) is 3.21. The normalized spacial score (nSPS) is 27.0. The maximum Gasteiger partial charge on any atom is 0.231 e. The van der Waals surface area contributed by atoms with Crippen molar-refractivity contribution in [3.63, 3.8) is 0 Å². The summed E-state index contributed by atoms with van der Waals surface area (Å²) in [6.07, 6.45) is -0.213. The highest BCUT2D eigenvalue weighted by molar-refractivity contribution is 5.84. The Kier molecular flexibility index (Phi) is 3.49. The molecule has 4 atom stereocenters. The molecule has 3 aliphatic heterocycles. The molecule has 6 heteroatoms. The van der Waals surface area contributed by atoms with Gasteiger partial charge in [-0.2, -0.15) is 0 Å². The summed E-state index contributed by atoms with van der Waals surface area (Å²) in [6, 6.07) is 5.62. The van der Waals surface area contributed by atoms with E-state index in [2.05, 4.69) is 13.8 Å². The number of hydrogen-bond acceptors (Lipinski definition) is 6. The van der Waals surface area contributed by atoms with Crippen LogP contribution in [0.3, 0.4) is 0 Å². The van der Waals surface area contributed by atoms with Gasteiger partial charge in [0.15, 0.2) is 23.0 Å². The summed E-state index contributed by atoms with van der Waals surface area (Å²) < 4.78 is 29.0. The number of hydrogen-bond donors (Lipinski definition) is 1. The first-order valence-corrected chi connectivity index (χ1v) is 9.12. The van der Waals surface area contributed by atoms with Gasteiger partial charge in [0.2, 0.25) is 12.5 Å². The summed E-state index contributed by atoms with van der Waals surface area (Å²) in [5, 5.41) is 10.4. The van der Waals surface area contributed by atoms with E-state index >= 15 is 0 Å². The van der Waals surface area contributed by atoms with Gasteiger partial charge < -0.3 is 28.8 Å². The maximum absolute atomic E-state index is 10.4. The van der Waals surface area contributed by atoms with Crippen molar-refractivity contribution >= 4 is 0 Å². The van der Waals surface area contributed by atoms with Gasteiger partial charge in [0.1, 0.15) is 0 Å². The molecule has 0 aliphatic carbocycles. The summed E-state index contributed by atoms with van der Waals surface area (Å²) >= 11 is 0. The average molecular weight is 370 g/mol. The summed E-state index contributed by atoms with van der Waals surface area (Å²) in [6.45, 7) is 4.56. The fourth-order valence-corrected chi connectivity index (χ4v) is 4.60. The number of phenols is 1. The smallest absolute Gasteiger partial charge is 0.231 e. The molecule has 3 heterocycles. The molecule has 0 saturated carbocycles. The van der Waals surface area contributed by atoms with Crippen LogP contribution < -0.4 is 18.9 Å². The lowest BCUT2D eigenvalue weighted by Crippen LogP contribution is -2.14. The Labute approximate surface area is 157 Å². The van der Waals surface area contributed by atoms with Gasteiger partial charge in [0.25, 0.3) is 0 Å². The van der Waals surface area contributed by atoms with E-state index in [1.54, 1.807) is 20.3 Å². The van der Waals surface area contributed by atoms with Crippen LogP contribution in [-0.2, 0) is 4.74 Å². The minimum absolute atomic E-state index is 0.0936. The lowest BCUT2D eigenvalue weighted by molar-refractivity contribution is 0.0313. The highest BCUT2D eigenvalue weighted by Gasteiger charge is 2.47. The SMILES string of the molecule is COc1cc2c(cc1O)[C@@H]1O[C@H](c3cc4c(c(OC)c3-2)OCO4)[C@H](C)[C@@H]1C. The molecule has 2 aromatic carbocycles. The van der Waals surface area contributed by atoms with E-state index in [9.17, 15) is 5.11 Å². The van der Waals surface area contributed by atoms with Gasteiger partial charge in [-0.05, 0) is 46.7 Å². The lowest BCUT2D eigenvalue weighted by atomic mass is 9.78. The van der Waals surface area contributed by atoms with Crippen LogP contribution >= 0.6 is 0 Å². The van der Waals surface area contributed by atoms with Gasteiger partial charge in [0, 0.05) is 5.56 Å². The van der Waals surface area contributed by atoms with Crippen LogP contribution in [0.2, 0.25) is 0 Å². The van der Waals surface area contributed by atoms with Crippen LogP contribution in [0.4, 0.5) is 0 Å². The van der Waals surface area contributed by atoms with Gasteiger partial charge in [-0.15, -0.1) is 0 Å². The molecule has 27 heavy (non-hydrogen) atoms. The van der Waals surface area contributed by atoms with Crippen molar-refractivity contribution in [3.8, 4) is 39.9 Å². The molecule has 1 saturated heterocycles. The predicted octanol–water partition coefficient (Wildman–Crippen LogP) is 4.20.